The van der Waals surface area contributed by atoms with Crippen LogP contribution >= 0.6 is 0 Å². The van der Waals surface area contributed by atoms with Crippen molar-refractivity contribution in [3.63, 3.8) is 0 Å². The molecule has 2 N–H and O–H groups in total. The van der Waals surface area contributed by atoms with E-state index in [9.17, 15) is 4.79 Å². The van der Waals surface area contributed by atoms with E-state index in [1.165, 1.54) is 7.11 Å². The number of rotatable bonds is 4. The average Bonchev–Trinajstić information content (AvgIpc) is 2.27. The van der Waals surface area contributed by atoms with E-state index in [-0.39, 0.29) is 0 Å². The van der Waals surface area contributed by atoms with Gasteiger partial charge in [-0.25, -0.2) is 0 Å². The smallest absolute Gasteiger partial charge is 0.193 e. The van der Waals surface area contributed by atoms with Crippen LogP contribution in [0.25, 0.3) is 0 Å². The molecule has 0 radical (unpaired) electrons. The van der Waals surface area contributed by atoms with Gasteiger partial charge in [-0.3, -0.25) is 4.79 Å². The molecule has 0 aliphatic carbocycles. The van der Waals surface area contributed by atoms with Crippen molar-refractivity contribution in [1.29, 1.82) is 0 Å². The third-order valence-corrected chi connectivity index (χ3v) is 1.85. The maximum Gasteiger partial charge on any atom is 0.193 e. The van der Waals surface area contributed by atoms with Crippen molar-refractivity contribution in [3.05, 3.63) is 29.8 Å². The van der Waals surface area contributed by atoms with Crippen molar-refractivity contribution in [1.82, 2.24) is 0 Å². The Labute approximate surface area is 81.8 Å². The van der Waals surface area contributed by atoms with Crippen LogP contribution in [0.3, 0.4) is 0 Å². The zero-order valence-electron chi connectivity index (χ0n) is 7.80. The lowest BCUT2D eigenvalue weighted by atomic mass is 10.1. The van der Waals surface area contributed by atoms with Crippen LogP contribution in [0.4, 0.5) is 0 Å². The van der Waals surface area contributed by atoms with Gasteiger partial charge in [-0.1, -0.05) is 0 Å². The molecule has 1 rings (SSSR count). The molecule has 1 atom stereocenters. The van der Waals surface area contributed by atoms with Gasteiger partial charge in [-0.15, -0.1) is 0 Å². The van der Waals surface area contributed by atoms with Gasteiger partial charge in [0.1, 0.15) is 11.9 Å². The summed E-state index contributed by atoms with van der Waals surface area (Å²) in [6.45, 7) is -0.565. The molecule has 0 saturated heterocycles. The highest BCUT2D eigenvalue weighted by molar-refractivity contribution is 5.99. The highest BCUT2D eigenvalue weighted by atomic mass is 16.5. The van der Waals surface area contributed by atoms with Crippen molar-refractivity contribution >= 4 is 5.78 Å². The number of ketones is 1. The summed E-state index contributed by atoms with van der Waals surface area (Å²) in [6.07, 6.45) is -1.34. The second-order valence-electron chi connectivity index (χ2n) is 2.79. The molecule has 14 heavy (non-hydrogen) atoms. The molecule has 0 amide bonds. The lowest BCUT2D eigenvalue weighted by Gasteiger charge is -2.06. The summed E-state index contributed by atoms with van der Waals surface area (Å²) in [5.41, 5.74) is 0.354. The predicted molar refractivity (Wildman–Crippen MR) is 50.4 cm³/mol. The van der Waals surface area contributed by atoms with E-state index in [0.717, 1.165) is 0 Å². The number of carbonyl (C=O) groups excluding carboxylic acids is 1. The van der Waals surface area contributed by atoms with E-state index in [4.69, 9.17) is 14.9 Å². The monoisotopic (exact) mass is 196 g/mol. The van der Waals surface area contributed by atoms with Gasteiger partial charge in [-0.05, 0) is 24.3 Å². The minimum Gasteiger partial charge on any atom is -0.497 e. The third kappa shape index (κ3) is 2.31. The number of aliphatic hydroxyl groups is 2. The Kier molecular flexibility index (Phi) is 3.62. The van der Waals surface area contributed by atoms with Crippen LogP contribution in [0.2, 0.25) is 0 Å². The summed E-state index contributed by atoms with van der Waals surface area (Å²) in [5.74, 6) is 0.148. The first kappa shape index (κ1) is 10.7. The molecule has 0 saturated carbocycles. The van der Waals surface area contributed by atoms with E-state index in [1.54, 1.807) is 24.3 Å². The number of carbonyl (C=O) groups is 1. The molecule has 0 aliphatic rings. The van der Waals surface area contributed by atoms with Gasteiger partial charge >= 0.3 is 0 Å². The molecule has 4 heteroatoms. The zero-order valence-corrected chi connectivity index (χ0v) is 7.80. The number of hydrogen-bond donors (Lipinski definition) is 2. The van der Waals surface area contributed by atoms with E-state index in [0.29, 0.717) is 11.3 Å². The number of aliphatic hydroxyl groups excluding tert-OH is 2. The van der Waals surface area contributed by atoms with Gasteiger partial charge in [0, 0.05) is 5.56 Å². The molecule has 1 aromatic carbocycles. The summed E-state index contributed by atoms with van der Waals surface area (Å²) < 4.78 is 4.91. The molecule has 0 heterocycles. The lowest BCUT2D eigenvalue weighted by molar-refractivity contribution is 0.0587. The van der Waals surface area contributed by atoms with Gasteiger partial charge in [0.25, 0.3) is 0 Å². The van der Waals surface area contributed by atoms with Gasteiger partial charge in [0.2, 0.25) is 0 Å². The molecule has 1 unspecified atom stereocenters. The normalized spacial score (nSPS) is 12.2. The Hall–Kier alpha value is -1.39. The fourth-order valence-electron chi connectivity index (χ4n) is 1.03. The van der Waals surface area contributed by atoms with Crippen LogP contribution in [0.5, 0.6) is 5.75 Å². The maximum absolute atomic E-state index is 11.3. The summed E-state index contributed by atoms with van der Waals surface area (Å²) in [7, 11) is 1.53. The number of benzene rings is 1. The summed E-state index contributed by atoms with van der Waals surface area (Å²) in [6, 6.07) is 6.33. The fourth-order valence-corrected chi connectivity index (χ4v) is 1.03. The quantitative estimate of drug-likeness (QED) is 0.676. The molecule has 76 valence electrons. The van der Waals surface area contributed by atoms with Crippen molar-refractivity contribution < 1.29 is 19.7 Å². The minimum atomic E-state index is -1.34. The average molecular weight is 196 g/mol. The number of ether oxygens (including phenoxy) is 1. The molecule has 0 spiro atoms. The van der Waals surface area contributed by atoms with Gasteiger partial charge in [0.15, 0.2) is 5.78 Å². The fraction of sp³-hybridized carbons (Fsp3) is 0.300. The Balaban J connectivity index is 2.81. The van der Waals surface area contributed by atoms with Crippen molar-refractivity contribution in [3.8, 4) is 5.75 Å². The Morgan fingerprint density at radius 3 is 2.43 bits per heavy atom. The van der Waals surface area contributed by atoms with E-state index < -0.39 is 18.5 Å². The Morgan fingerprint density at radius 2 is 2.00 bits per heavy atom. The van der Waals surface area contributed by atoms with E-state index in [1.807, 2.05) is 0 Å². The molecular formula is C10H12O4. The maximum atomic E-state index is 11.3. The number of hydrogen-bond acceptors (Lipinski definition) is 4. The minimum absolute atomic E-state index is 0.354. The summed E-state index contributed by atoms with van der Waals surface area (Å²) >= 11 is 0. The van der Waals surface area contributed by atoms with Crippen molar-refractivity contribution in [2.24, 2.45) is 0 Å². The Bertz CT molecular complexity index is 304. The molecule has 1 aromatic rings. The van der Waals surface area contributed by atoms with Gasteiger partial charge in [0.05, 0.1) is 13.7 Å². The zero-order chi connectivity index (χ0) is 10.6. The molecule has 4 nitrogen and oxygen atoms in total. The molecular weight excluding hydrogens is 184 g/mol. The van der Waals surface area contributed by atoms with Gasteiger partial charge in [-0.2, -0.15) is 0 Å². The van der Waals surface area contributed by atoms with E-state index in [2.05, 4.69) is 0 Å². The molecule has 0 bridgehead atoms. The van der Waals surface area contributed by atoms with Gasteiger partial charge < -0.3 is 14.9 Å². The van der Waals surface area contributed by atoms with Crippen molar-refractivity contribution in [2.45, 2.75) is 6.10 Å². The topological polar surface area (TPSA) is 66.8 Å². The van der Waals surface area contributed by atoms with Crippen LogP contribution in [-0.4, -0.2) is 35.8 Å². The van der Waals surface area contributed by atoms with Crippen LogP contribution < -0.4 is 4.74 Å². The number of Topliss-reactive ketones (excluding diaryl/α,β-unsaturated/α-hetero) is 1. The van der Waals surface area contributed by atoms with Crippen molar-refractivity contribution in [2.75, 3.05) is 13.7 Å². The first-order valence-electron chi connectivity index (χ1n) is 4.16. The summed E-state index contributed by atoms with van der Waals surface area (Å²) in [4.78, 5) is 11.3. The highest BCUT2D eigenvalue weighted by Gasteiger charge is 2.15. The second kappa shape index (κ2) is 4.74. The first-order valence-corrected chi connectivity index (χ1v) is 4.16. The van der Waals surface area contributed by atoms with Crippen LogP contribution in [0, 0.1) is 0 Å². The van der Waals surface area contributed by atoms with Crippen LogP contribution in [0.15, 0.2) is 24.3 Å². The van der Waals surface area contributed by atoms with E-state index >= 15 is 0 Å². The molecule has 0 fully saturated rings. The largest absolute Gasteiger partial charge is 0.497 e. The number of methoxy groups -OCH3 is 1. The SMILES string of the molecule is COc1ccc(C(=O)C(O)CO)cc1. The highest BCUT2D eigenvalue weighted by Crippen LogP contribution is 2.12. The first-order chi connectivity index (χ1) is 6.69. The standard InChI is InChI=1S/C10H12O4/c1-14-8-4-2-7(3-5-8)10(13)9(12)6-11/h2-5,9,11-12H,6H2,1H3. The van der Waals surface area contributed by atoms with Crippen LogP contribution in [-0.2, 0) is 0 Å². The second-order valence-corrected chi connectivity index (χ2v) is 2.79. The molecule has 0 aliphatic heterocycles. The Morgan fingerprint density at radius 1 is 1.43 bits per heavy atom. The third-order valence-electron chi connectivity index (χ3n) is 1.85. The van der Waals surface area contributed by atoms with Crippen LogP contribution in [0.1, 0.15) is 10.4 Å². The summed E-state index contributed by atoms with van der Waals surface area (Å²) in [5, 5.41) is 17.6. The molecule has 0 aromatic heterocycles. The predicted octanol–water partition coefficient (Wildman–Crippen LogP) is 0.231. The lowest BCUT2D eigenvalue weighted by Crippen LogP contribution is -2.24.